The smallest absolute Gasteiger partial charge is 0.339 e. The summed E-state index contributed by atoms with van der Waals surface area (Å²) in [4.78, 5) is 37.6. The van der Waals surface area contributed by atoms with E-state index in [9.17, 15) is 14.4 Å². The highest BCUT2D eigenvalue weighted by molar-refractivity contribution is 6.02. The molecule has 0 radical (unpaired) electrons. The van der Waals surface area contributed by atoms with Crippen molar-refractivity contribution in [1.29, 1.82) is 0 Å². The van der Waals surface area contributed by atoms with E-state index in [0.29, 0.717) is 12.2 Å². The molecule has 0 spiro atoms. The highest BCUT2D eigenvalue weighted by Crippen LogP contribution is 2.21. The van der Waals surface area contributed by atoms with Crippen molar-refractivity contribution in [2.75, 3.05) is 18.6 Å². The maximum absolute atomic E-state index is 12.2. The van der Waals surface area contributed by atoms with Gasteiger partial charge in [-0.1, -0.05) is 42.0 Å². The first-order chi connectivity index (χ1) is 12.9. The monoisotopic (exact) mass is 368 g/mol. The fourth-order valence-electron chi connectivity index (χ4n) is 2.65. The molecular weight excluding hydrogens is 344 g/mol. The number of methoxy groups -OCH3 is 1. The number of rotatable bonds is 7. The number of carbonyl (C=O) groups excluding carboxylic acids is 3. The van der Waals surface area contributed by atoms with Crippen LogP contribution >= 0.6 is 0 Å². The Morgan fingerprint density at radius 1 is 1.04 bits per heavy atom. The quantitative estimate of drug-likeness (QED) is 0.763. The van der Waals surface area contributed by atoms with Crippen LogP contribution in [0.5, 0.6) is 0 Å². The summed E-state index contributed by atoms with van der Waals surface area (Å²) in [6, 6.07) is 14.6. The van der Waals surface area contributed by atoms with Crippen LogP contribution in [0.15, 0.2) is 48.5 Å². The molecule has 0 aliphatic rings. The minimum absolute atomic E-state index is 0.126. The van der Waals surface area contributed by atoms with Crippen LogP contribution in [0.2, 0.25) is 0 Å². The highest BCUT2D eigenvalue weighted by atomic mass is 16.5. The number of hydrogen-bond acceptors (Lipinski definition) is 4. The summed E-state index contributed by atoms with van der Waals surface area (Å²) in [7, 11) is 1.29. The largest absolute Gasteiger partial charge is 0.465 e. The number of nitrogens with one attached hydrogen (secondary N) is 1. The zero-order valence-corrected chi connectivity index (χ0v) is 15.8. The van der Waals surface area contributed by atoms with E-state index in [1.54, 1.807) is 24.3 Å². The first-order valence-electron chi connectivity index (χ1n) is 8.70. The van der Waals surface area contributed by atoms with E-state index in [2.05, 4.69) is 5.32 Å². The van der Waals surface area contributed by atoms with Gasteiger partial charge in [0.15, 0.2) is 0 Å². The summed E-state index contributed by atoms with van der Waals surface area (Å²) in [5.41, 5.74) is 2.89. The first kappa shape index (κ1) is 20.2. The average molecular weight is 368 g/mol. The van der Waals surface area contributed by atoms with Crippen molar-refractivity contribution in [2.24, 2.45) is 0 Å². The predicted octanol–water partition coefficient (Wildman–Crippen LogP) is 2.84. The van der Waals surface area contributed by atoms with E-state index in [4.69, 9.17) is 4.74 Å². The van der Waals surface area contributed by atoms with Crippen molar-refractivity contribution in [1.82, 2.24) is 5.32 Å². The molecule has 0 aromatic heterocycles. The molecule has 2 rings (SSSR count). The van der Waals surface area contributed by atoms with E-state index >= 15 is 0 Å². The molecule has 0 unspecified atom stereocenters. The maximum Gasteiger partial charge on any atom is 0.339 e. The number of carbonyl (C=O) groups is 3. The zero-order valence-electron chi connectivity index (χ0n) is 15.8. The number of esters is 1. The second-order valence-corrected chi connectivity index (χ2v) is 6.19. The lowest BCUT2D eigenvalue weighted by atomic mass is 10.1. The molecule has 0 saturated carbocycles. The van der Waals surface area contributed by atoms with E-state index in [0.717, 1.165) is 11.1 Å². The molecular formula is C21H24N2O4. The first-order valence-corrected chi connectivity index (χ1v) is 8.70. The SMILES string of the molecule is COC(=O)c1ccccc1N(CCC(=O)NCc1ccc(C)cc1)C(C)=O. The normalized spacial score (nSPS) is 10.2. The minimum atomic E-state index is -0.527. The van der Waals surface area contributed by atoms with Gasteiger partial charge in [0.05, 0.1) is 18.4 Å². The van der Waals surface area contributed by atoms with Gasteiger partial charge in [-0.05, 0) is 24.6 Å². The van der Waals surface area contributed by atoms with Gasteiger partial charge in [0.25, 0.3) is 0 Å². The summed E-state index contributed by atoms with van der Waals surface area (Å²) in [5, 5.41) is 2.84. The summed E-state index contributed by atoms with van der Waals surface area (Å²) in [6.07, 6.45) is 0.126. The number of benzene rings is 2. The lowest BCUT2D eigenvalue weighted by Crippen LogP contribution is -2.34. The average Bonchev–Trinajstić information content (AvgIpc) is 2.67. The van der Waals surface area contributed by atoms with Crippen LogP contribution < -0.4 is 10.2 Å². The third-order valence-corrected chi connectivity index (χ3v) is 4.15. The Hall–Kier alpha value is -3.15. The van der Waals surface area contributed by atoms with Crippen LogP contribution in [-0.2, 0) is 20.9 Å². The Bertz CT molecular complexity index is 815. The number of hydrogen-bond donors (Lipinski definition) is 1. The van der Waals surface area contributed by atoms with Crippen molar-refractivity contribution in [2.45, 2.75) is 26.8 Å². The minimum Gasteiger partial charge on any atom is -0.465 e. The fourth-order valence-corrected chi connectivity index (χ4v) is 2.65. The predicted molar refractivity (Wildman–Crippen MR) is 103 cm³/mol. The van der Waals surface area contributed by atoms with Gasteiger partial charge in [0.1, 0.15) is 0 Å². The number of anilines is 1. The number of amides is 2. The Balaban J connectivity index is 2.00. The van der Waals surface area contributed by atoms with Gasteiger partial charge in [0, 0.05) is 26.4 Å². The molecule has 0 bridgehead atoms. The van der Waals surface area contributed by atoms with Crippen molar-refractivity contribution in [3.63, 3.8) is 0 Å². The van der Waals surface area contributed by atoms with Crippen LogP contribution in [-0.4, -0.2) is 31.4 Å². The third-order valence-electron chi connectivity index (χ3n) is 4.15. The van der Waals surface area contributed by atoms with Gasteiger partial charge in [-0.2, -0.15) is 0 Å². The molecule has 0 aliphatic carbocycles. The summed E-state index contributed by atoms with van der Waals surface area (Å²) in [5.74, 6) is -0.948. The zero-order chi connectivity index (χ0) is 19.8. The van der Waals surface area contributed by atoms with E-state index in [1.165, 1.54) is 18.9 Å². The summed E-state index contributed by atoms with van der Waals surface area (Å²) >= 11 is 0. The number of nitrogens with zero attached hydrogens (tertiary/aromatic N) is 1. The fraction of sp³-hybridized carbons (Fsp3) is 0.286. The number of ether oxygens (including phenoxy) is 1. The molecule has 2 amide bonds. The second-order valence-electron chi connectivity index (χ2n) is 6.19. The Morgan fingerprint density at radius 2 is 1.70 bits per heavy atom. The molecule has 142 valence electrons. The van der Waals surface area contributed by atoms with Gasteiger partial charge < -0.3 is 15.0 Å². The van der Waals surface area contributed by atoms with Crippen LogP contribution in [0.4, 0.5) is 5.69 Å². The molecule has 6 nitrogen and oxygen atoms in total. The van der Waals surface area contributed by atoms with Crippen molar-refractivity contribution < 1.29 is 19.1 Å². The molecule has 0 fully saturated rings. The van der Waals surface area contributed by atoms with Crippen molar-refractivity contribution in [3.8, 4) is 0 Å². The lowest BCUT2D eigenvalue weighted by Gasteiger charge is -2.23. The van der Waals surface area contributed by atoms with Crippen LogP contribution in [0.1, 0.15) is 34.8 Å². The number of para-hydroxylation sites is 1. The molecule has 0 heterocycles. The second kappa shape index (κ2) is 9.52. The Morgan fingerprint density at radius 3 is 2.33 bits per heavy atom. The van der Waals surface area contributed by atoms with E-state index < -0.39 is 5.97 Å². The van der Waals surface area contributed by atoms with Gasteiger partial charge >= 0.3 is 5.97 Å². The van der Waals surface area contributed by atoms with E-state index in [-0.39, 0.29) is 30.3 Å². The standard InChI is InChI=1S/C21H24N2O4/c1-15-8-10-17(11-9-15)14-22-20(25)12-13-23(16(2)24)19-7-5-4-6-18(19)21(26)27-3/h4-11H,12-14H2,1-3H3,(H,22,25). The molecule has 27 heavy (non-hydrogen) atoms. The maximum atomic E-state index is 12.2. The lowest BCUT2D eigenvalue weighted by molar-refractivity contribution is -0.121. The Labute approximate surface area is 159 Å². The van der Waals surface area contributed by atoms with Crippen LogP contribution in [0, 0.1) is 6.92 Å². The Kier molecular flexibility index (Phi) is 7.11. The van der Waals surface area contributed by atoms with Crippen LogP contribution in [0.3, 0.4) is 0 Å². The molecule has 0 saturated heterocycles. The van der Waals surface area contributed by atoms with Gasteiger partial charge in [-0.3, -0.25) is 9.59 Å². The topological polar surface area (TPSA) is 75.7 Å². The van der Waals surface area contributed by atoms with E-state index in [1.807, 2.05) is 31.2 Å². The molecule has 2 aromatic rings. The molecule has 6 heteroatoms. The third kappa shape index (κ3) is 5.67. The molecule has 2 aromatic carbocycles. The van der Waals surface area contributed by atoms with Gasteiger partial charge in [-0.15, -0.1) is 0 Å². The summed E-state index contributed by atoms with van der Waals surface area (Å²) in [6.45, 7) is 4.00. The van der Waals surface area contributed by atoms with Crippen molar-refractivity contribution >= 4 is 23.5 Å². The van der Waals surface area contributed by atoms with Gasteiger partial charge in [-0.25, -0.2) is 4.79 Å². The number of aryl methyl sites for hydroxylation is 1. The molecule has 1 N–H and O–H groups in total. The molecule has 0 aliphatic heterocycles. The summed E-state index contributed by atoms with van der Waals surface area (Å²) < 4.78 is 4.77. The van der Waals surface area contributed by atoms with Gasteiger partial charge in [0.2, 0.25) is 11.8 Å². The highest BCUT2D eigenvalue weighted by Gasteiger charge is 2.20. The molecule has 0 atom stereocenters. The van der Waals surface area contributed by atoms with Crippen LogP contribution in [0.25, 0.3) is 0 Å². The van der Waals surface area contributed by atoms with Crippen molar-refractivity contribution in [3.05, 3.63) is 65.2 Å².